The Hall–Kier alpha value is -2.61. The van der Waals surface area contributed by atoms with Gasteiger partial charge in [0.2, 0.25) is 0 Å². The largest absolute Gasteiger partial charge is 0.494 e. The topological polar surface area (TPSA) is 98.5 Å². The van der Waals surface area contributed by atoms with Crippen LogP contribution in [0, 0.1) is 10.1 Å². The van der Waals surface area contributed by atoms with Crippen molar-refractivity contribution in [1.82, 2.24) is 0 Å². The Morgan fingerprint density at radius 3 is 2.57 bits per heavy atom. The van der Waals surface area contributed by atoms with Crippen LogP contribution >= 0.6 is 0 Å². The third-order valence-electron chi connectivity index (χ3n) is 3.22. The van der Waals surface area contributed by atoms with Crippen LogP contribution in [0.25, 0.3) is 11.1 Å². The molecule has 0 aromatic heterocycles. The number of non-ortho nitro benzene ring substituents is 1. The minimum Gasteiger partial charge on any atom is -0.494 e. The van der Waals surface area contributed by atoms with E-state index < -0.39 is 14.9 Å². The Kier molecular flexibility index (Phi) is 2.84. The molecule has 2 aromatic carbocycles. The second-order valence-electron chi connectivity index (χ2n) is 4.43. The van der Waals surface area contributed by atoms with Crippen molar-refractivity contribution in [2.24, 2.45) is 0 Å². The molecule has 0 bridgehead atoms. The summed E-state index contributed by atoms with van der Waals surface area (Å²) in [6, 6.07) is 8.85. The molecule has 0 saturated heterocycles. The fourth-order valence-corrected chi connectivity index (χ4v) is 3.61. The van der Waals surface area contributed by atoms with E-state index in [1.165, 1.54) is 25.3 Å². The number of fused-ring (bicyclic) bond motifs is 3. The number of benzene rings is 2. The molecule has 0 amide bonds. The maximum Gasteiger partial charge on any atom is 0.273 e. The monoisotopic (exact) mass is 306 g/mol. The first-order valence-electron chi connectivity index (χ1n) is 5.92. The number of ether oxygens (including phenoxy) is 1. The molecular formula is C13H10N2O5S. The Balaban J connectivity index is 2.40. The lowest BCUT2D eigenvalue weighted by molar-refractivity contribution is -0.384. The third-order valence-corrected chi connectivity index (χ3v) is 4.63. The van der Waals surface area contributed by atoms with Crippen molar-refractivity contribution in [3.05, 3.63) is 46.5 Å². The summed E-state index contributed by atoms with van der Waals surface area (Å²) in [5.41, 5.74) is 0.878. The smallest absolute Gasteiger partial charge is 0.273 e. The van der Waals surface area contributed by atoms with E-state index in [1.54, 1.807) is 18.2 Å². The maximum absolute atomic E-state index is 12.2. The zero-order valence-corrected chi connectivity index (χ0v) is 11.7. The van der Waals surface area contributed by atoms with E-state index in [9.17, 15) is 18.5 Å². The van der Waals surface area contributed by atoms with Crippen molar-refractivity contribution in [2.45, 2.75) is 4.90 Å². The number of methoxy groups -OCH3 is 1. The number of hydrogen-bond acceptors (Lipinski definition) is 5. The van der Waals surface area contributed by atoms with E-state index in [0.29, 0.717) is 11.1 Å². The summed E-state index contributed by atoms with van der Waals surface area (Å²) in [5.74, 6) is 0.109. The second kappa shape index (κ2) is 4.45. The molecule has 7 nitrogen and oxygen atoms in total. The average molecular weight is 306 g/mol. The quantitative estimate of drug-likeness (QED) is 0.678. The third kappa shape index (κ3) is 2.00. The van der Waals surface area contributed by atoms with Crippen LogP contribution in [0.1, 0.15) is 0 Å². The summed E-state index contributed by atoms with van der Waals surface area (Å²) in [4.78, 5) is 10.5. The van der Waals surface area contributed by atoms with Crippen LogP contribution < -0.4 is 9.46 Å². The van der Waals surface area contributed by atoms with Crippen LogP contribution in [0.3, 0.4) is 0 Å². The highest BCUT2D eigenvalue weighted by atomic mass is 32.2. The number of nitrogens with one attached hydrogen (secondary N) is 1. The molecule has 1 aliphatic heterocycles. The van der Waals surface area contributed by atoms with Gasteiger partial charge in [-0.15, -0.1) is 0 Å². The van der Waals surface area contributed by atoms with E-state index in [1.807, 2.05) is 0 Å². The van der Waals surface area contributed by atoms with Gasteiger partial charge in [-0.1, -0.05) is 18.2 Å². The predicted octanol–water partition coefficient (Wildman–Crippen LogP) is 2.38. The van der Waals surface area contributed by atoms with Gasteiger partial charge >= 0.3 is 0 Å². The molecule has 108 valence electrons. The van der Waals surface area contributed by atoms with Crippen LogP contribution in [0.15, 0.2) is 41.3 Å². The SMILES string of the molecule is COc1cc([N+](=O)[O-])cc2c1NS(=O)(=O)c1ccccc1-2. The van der Waals surface area contributed by atoms with E-state index in [-0.39, 0.29) is 22.0 Å². The van der Waals surface area contributed by atoms with Crippen LogP contribution in [-0.2, 0) is 10.0 Å². The number of anilines is 1. The van der Waals surface area contributed by atoms with Crippen LogP contribution in [0.4, 0.5) is 11.4 Å². The Morgan fingerprint density at radius 1 is 1.19 bits per heavy atom. The number of hydrogen-bond donors (Lipinski definition) is 1. The van der Waals surface area contributed by atoms with E-state index >= 15 is 0 Å². The fraction of sp³-hybridized carbons (Fsp3) is 0.0769. The molecule has 0 aliphatic carbocycles. The summed E-state index contributed by atoms with van der Waals surface area (Å²) in [6.07, 6.45) is 0. The highest BCUT2D eigenvalue weighted by Crippen LogP contribution is 2.45. The van der Waals surface area contributed by atoms with Crippen LogP contribution in [-0.4, -0.2) is 20.5 Å². The molecule has 0 unspecified atom stereocenters. The molecule has 2 aromatic rings. The molecule has 8 heteroatoms. The summed E-state index contributed by atoms with van der Waals surface area (Å²) < 4.78 is 31.9. The first kappa shape index (κ1) is 13.4. The van der Waals surface area contributed by atoms with Gasteiger partial charge in [0, 0.05) is 17.2 Å². The fourth-order valence-electron chi connectivity index (χ4n) is 2.30. The minimum atomic E-state index is -3.72. The molecule has 0 spiro atoms. The molecule has 1 heterocycles. The number of nitrogens with zero attached hydrogens (tertiary/aromatic N) is 1. The van der Waals surface area contributed by atoms with Crippen LogP contribution in [0.2, 0.25) is 0 Å². The zero-order valence-electron chi connectivity index (χ0n) is 10.9. The summed E-state index contributed by atoms with van der Waals surface area (Å²) >= 11 is 0. The average Bonchev–Trinajstić information content (AvgIpc) is 2.46. The number of nitro groups is 1. The van der Waals surface area contributed by atoms with Gasteiger partial charge in [0.05, 0.1) is 28.7 Å². The van der Waals surface area contributed by atoms with Gasteiger partial charge in [-0.05, 0) is 6.07 Å². The molecule has 0 fully saturated rings. The van der Waals surface area contributed by atoms with Crippen molar-refractivity contribution in [3.63, 3.8) is 0 Å². The van der Waals surface area contributed by atoms with Crippen molar-refractivity contribution < 1.29 is 18.1 Å². The summed E-state index contributed by atoms with van der Waals surface area (Å²) in [7, 11) is -2.39. The van der Waals surface area contributed by atoms with Gasteiger partial charge in [-0.2, -0.15) is 0 Å². The van der Waals surface area contributed by atoms with Gasteiger partial charge in [-0.3, -0.25) is 14.8 Å². The highest BCUT2D eigenvalue weighted by molar-refractivity contribution is 7.93. The number of rotatable bonds is 2. The Labute approximate surface area is 120 Å². The number of sulfonamides is 1. The molecule has 3 rings (SSSR count). The Bertz CT molecular complexity index is 861. The van der Waals surface area contributed by atoms with E-state index in [0.717, 1.165) is 0 Å². The molecule has 0 saturated carbocycles. The highest BCUT2D eigenvalue weighted by Gasteiger charge is 2.31. The molecule has 1 aliphatic rings. The van der Waals surface area contributed by atoms with Gasteiger partial charge in [0.15, 0.2) is 0 Å². The first-order chi connectivity index (χ1) is 9.94. The predicted molar refractivity (Wildman–Crippen MR) is 75.9 cm³/mol. The maximum atomic E-state index is 12.2. The normalized spacial score (nSPS) is 14.5. The molecule has 0 atom stereocenters. The van der Waals surface area contributed by atoms with Crippen molar-refractivity contribution in [1.29, 1.82) is 0 Å². The van der Waals surface area contributed by atoms with Gasteiger partial charge < -0.3 is 4.74 Å². The van der Waals surface area contributed by atoms with E-state index in [4.69, 9.17) is 4.74 Å². The zero-order chi connectivity index (χ0) is 15.2. The molecule has 21 heavy (non-hydrogen) atoms. The lowest BCUT2D eigenvalue weighted by Gasteiger charge is -2.22. The molecular weight excluding hydrogens is 296 g/mol. The molecule has 1 N–H and O–H groups in total. The van der Waals surface area contributed by atoms with Crippen LogP contribution in [0.5, 0.6) is 5.75 Å². The van der Waals surface area contributed by atoms with Crippen molar-refractivity contribution >= 4 is 21.4 Å². The first-order valence-corrected chi connectivity index (χ1v) is 7.41. The summed E-state index contributed by atoms with van der Waals surface area (Å²) in [5, 5.41) is 11.0. The standard InChI is InChI=1S/C13H10N2O5S/c1-20-11-7-8(15(16)17)6-10-9-4-2-3-5-12(9)21(18,19)14-13(10)11/h2-7,14H,1H3. The molecule has 0 radical (unpaired) electrons. The van der Waals surface area contributed by atoms with E-state index in [2.05, 4.69) is 4.72 Å². The van der Waals surface area contributed by atoms with Gasteiger partial charge in [0.1, 0.15) is 5.75 Å². The lowest BCUT2D eigenvalue weighted by Crippen LogP contribution is -2.19. The Morgan fingerprint density at radius 2 is 1.90 bits per heavy atom. The minimum absolute atomic E-state index is 0.0834. The van der Waals surface area contributed by atoms with Gasteiger partial charge in [0.25, 0.3) is 15.7 Å². The summed E-state index contributed by atoms with van der Waals surface area (Å²) in [6.45, 7) is 0. The number of nitro benzene ring substituents is 1. The second-order valence-corrected chi connectivity index (χ2v) is 6.08. The van der Waals surface area contributed by atoms with Crippen molar-refractivity contribution in [3.8, 4) is 16.9 Å². The van der Waals surface area contributed by atoms with Crippen molar-refractivity contribution in [2.75, 3.05) is 11.8 Å². The van der Waals surface area contributed by atoms with Gasteiger partial charge in [-0.25, -0.2) is 8.42 Å². The lowest BCUT2D eigenvalue weighted by atomic mass is 10.0.